The first-order valence-electron chi connectivity index (χ1n) is 12.4. The second kappa shape index (κ2) is 10.5. The zero-order chi connectivity index (χ0) is 27.8. The van der Waals surface area contributed by atoms with E-state index in [0.717, 1.165) is 18.2 Å². The Morgan fingerprint density at radius 1 is 0.692 bits per heavy atom. The number of carbonyl (C=O) groups excluding carboxylic acids is 2. The van der Waals surface area contributed by atoms with E-state index < -0.39 is 26.5 Å². The molecule has 0 atom stereocenters. The lowest BCUT2D eigenvalue weighted by molar-refractivity contribution is -0.137. The lowest BCUT2D eigenvalue weighted by Gasteiger charge is -2.48. The van der Waals surface area contributed by atoms with Gasteiger partial charge in [-0.25, -0.2) is 8.42 Å². The highest BCUT2D eigenvalue weighted by Crippen LogP contribution is 2.32. The highest BCUT2D eigenvalue weighted by Gasteiger charge is 2.37. The Morgan fingerprint density at radius 2 is 1.28 bits per heavy atom. The van der Waals surface area contributed by atoms with Crippen molar-refractivity contribution in [1.82, 2.24) is 14.7 Å². The molecule has 0 unspecified atom stereocenters. The van der Waals surface area contributed by atoms with E-state index >= 15 is 0 Å². The normalized spacial score (nSPS) is 17.1. The molecule has 204 valence electrons. The Balaban J connectivity index is 1.16. The minimum Gasteiger partial charge on any atom is -0.336 e. The van der Waals surface area contributed by atoms with Crippen LogP contribution in [0.25, 0.3) is 0 Å². The molecule has 3 aromatic carbocycles. The third-order valence-corrected chi connectivity index (χ3v) is 8.94. The third kappa shape index (κ3) is 5.55. The van der Waals surface area contributed by atoms with Crippen LogP contribution in [-0.4, -0.2) is 80.2 Å². The number of hydrogen-bond acceptors (Lipinski definition) is 5. The van der Waals surface area contributed by atoms with Gasteiger partial charge in [-0.3, -0.25) is 14.5 Å². The number of alkyl halides is 3. The summed E-state index contributed by atoms with van der Waals surface area (Å²) in [5.74, 6) is -0.230. The average Bonchev–Trinajstić information content (AvgIpc) is 2.92. The van der Waals surface area contributed by atoms with Gasteiger partial charge in [-0.1, -0.05) is 24.3 Å². The molecule has 11 heteroatoms. The number of nitrogens with zero attached hydrogens (tertiary/aromatic N) is 3. The number of benzene rings is 3. The van der Waals surface area contributed by atoms with Crippen LogP contribution in [0.5, 0.6) is 0 Å². The summed E-state index contributed by atoms with van der Waals surface area (Å²) in [6.07, 6.45) is -4.66. The standard InChI is InChI=1S/C28H26F3N3O4S/c29-28(30,31)22-7-4-8-25(17-22)39(37,38)24-11-9-21(10-12-24)27(36)34-18-23(19-34)32-13-15-33(16-14-32)26(35)20-5-2-1-3-6-20/h1-12,17,23H,13-16,18-19H2. The Hall–Kier alpha value is -3.70. The molecule has 0 spiro atoms. The zero-order valence-electron chi connectivity index (χ0n) is 20.8. The number of carbonyl (C=O) groups is 2. The maximum Gasteiger partial charge on any atom is 0.416 e. The molecular weight excluding hydrogens is 531 g/mol. The number of likely N-dealkylation sites (tertiary alicyclic amines) is 1. The van der Waals surface area contributed by atoms with Gasteiger partial charge in [0.1, 0.15) is 0 Å². The molecule has 5 rings (SSSR count). The fourth-order valence-corrected chi connectivity index (χ4v) is 6.15. The van der Waals surface area contributed by atoms with E-state index in [4.69, 9.17) is 0 Å². The summed E-state index contributed by atoms with van der Waals surface area (Å²) in [6, 6.07) is 18.2. The van der Waals surface area contributed by atoms with Crippen molar-refractivity contribution in [2.24, 2.45) is 0 Å². The molecule has 0 bridgehead atoms. The lowest BCUT2D eigenvalue weighted by Crippen LogP contribution is -2.64. The van der Waals surface area contributed by atoms with Crippen molar-refractivity contribution in [2.45, 2.75) is 22.0 Å². The summed E-state index contributed by atoms with van der Waals surface area (Å²) in [5, 5.41) is 0. The van der Waals surface area contributed by atoms with E-state index in [0.29, 0.717) is 56.5 Å². The quantitative estimate of drug-likeness (QED) is 0.477. The summed E-state index contributed by atoms with van der Waals surface area (Å²) in [4.78, 5) is 30.7. The molecule has 2 saturated heterocycles. The SMILES string of the molecule is O=C(c1ccccc1)N1CCN(C2CN(C(=O)c3ccc(S(=O)(=O)c4cccc(C(F)(F)F)c4)cc3)C2)CC1. The summed E-state index contributed by atoms with van der Waals surface area (Å²) >= 11 is 0. The first-order valence-corrected chi connectivity index (χ1v) is 13.9. The van der Waals surface area contributed by atoms with Gasteiger partial charge < -0.3 is 9.80 Å². The van der Waals surface area contributed by atoms with Crippen molar-refractivity contribution in [1.29, 1.82) is 0 Å². The van der Waals surface area contributed by atoms with E-state index in [2.05, 4.69) is 4.90 Å². The molecule has 39 heavy (non-hydrogen) atoms. The van der Waals surface area contributed by atoms with Crippen LogP contribution >= 0.6 is 0 Å². The summed E-state index contributed by atoms with van der Waals surface area (Å²) < 4.78 is 64.8. The molecule has 2 amide bonds. The Kier molecular flexibility index (Phi) is 7.21. The minimum atomic E-state index is -4.66. The van der Waals surface area contributed by atoms with Crippen LogP contribution < -0.4 is 0 Å². The van der Waals surface area contributed by atoms with Crippen molar-refractivity contribution < 1.29 is 31.2 Å². The van der Waals surface area contributed by atoms with E-state index in [1.54, 1.807) is 17.0 Å². The van der Waals surface area contributed by atoms with Crippen LogP contribution in [0.15, 0.2) is 88.7 Å². The molecule has 3 aromatic rings. The monoisotopic (exact) mass is 557 g/mol. The van der Waals surface area contributed by atoms with Gasteiger partial charge >= 0.3 is 6.18 Å². The van der Waals surface area contributed by atoms with Gasteiger partial charge in [-0.2, -0.15) is 13.2 Å². The van der Waals surface area contributed by atoms with Gasteiger partial charge in [0, 0.05) is 56.4 Å². The second-order valence-corrected chi connectivity index (χ2v) is 11.6. The van der Waals surface area contributed by atoms with E-state index in [1.165, 1.54) is 24.3 Å². The number of rotatable bonds is 5. The van der Waals surface area contributed by atoms with Crippen molar-refractivity contribution in [3.8, 4) is 0 Å². The highest BCUT2D eigenvalue weighted by molar-refractivity contribution is 7.91. The number of piperazine rings is 1. The van der Waals surface area contributed by atoms with Crippen molar-refractivity contribution in [3.05, 3.63) is 95.6 Å². The van der Waals surface area contributed by atoms with Gasteiger partial charge in [-0.05, 0) is 54.6 Å². The lowest BCUT2D eigenvalue weighted by atomic mass is 10.0. The number of hydrogen-bond donors (Lipinski definition) is 0. The molecule has 0 radical (unpaired) electrons. The fraction of sp³-hybridized carbons (Fsp3) is 0.286. The average molecular weight is 558 g/mol. The van der Waals surface area contributed by atoms with E-state index in [9.17, 15) is 31.2 Å². The molecule has 0 aliphatic carbocycles. The summed E-state index contributed by atoms with van der Waals surface area (Å²) in [5.41, 5.74) is -0.0818. The highest BCUT2D eigenvalue weighted by atomic mass is 32.2. The number of amides is 2. The molecule has 2 aliphatic heterocycles. The Labute approximate surface area is 224 Å². The molecule has 7 nitrogen and oxygen atoms in total. The minimum absolute atomic E-state index is 0.0131. The molecule has 2 fully saturated rings. The zero-order valence-corrected chi connectivity index (χ0v) is 21.7. The van der Waals surface area contributed by atoms with Crippen LogP contribution in [-0.2, 0) is 16.0 Å². The maximum atomic E-state index is 13.0. The third-order valence-electron chi connectivity index (χ3n) is 7.17. The first kappa shape index (κ1) is 26.9. The molecule has 2 heterocycles. The fourth-order valence-electron chi connectivity index (χ4n) is 4.84. The smallest absolute Gasteiger partial charge is 0.336 e. The second-order valence-electron chi connectivity index (χ2n) is 9.61. The number of halogens is 3. The van der Waals surface area contributed by atoms with Gasteiger partial charge in [0.2, 0.25) is 9.84 Å². The number of sulfone groups is 1. The molecule has 0 aromatic heterocycles. The molecule has 2 aliphatic rings. The Morgan fingerprint density at radius 3 is 1.90 bits per heavy atom. The summed E-state index contributed by atoms with van der Waals surface area (Å²) in [7, 11) is -4.19. The maximum absolute atomic E-state index is 13.0. The topological polar surface area (TPSA) is 78.0 Å². The molecule has 0 saturated carbocycles. The predicted octanol–water partition coefficient (Wildman–Crippen LogP) is 3.82. The molecule has 0 N–H and O–H groups in total. The first-order chi connectivity index (χ1) is 18.5. The van der Waals surface area contributed by atoms with Crippen molar-refractivity contribution >= 4 is 21.7 Å². The molecular formula is C28H26F3N3O4S. The van der Waals surface area contributed by atoms with Crippen LogP contribution in [0.1, 0.15) is 26.3 Å². The van der Waals surface area contributed by atoms with E-state index in [-0.39, 0.29) is 22.8 Å². The summed E-state index contributed by atoms with van der Waals surface area (Å²) in [6.45, 7) is 3.70. The van der Waals surface area contributed by atoms with E-state index in [1.807, 2.05) is 23.1 Å². The van der Waals surface area contributed by atoms with Crippen LogP contribution in [0.3, 0.4) is 0 Å². The van der Waals surface area contributed by atoms with Gasteiger partial charge in [0.05, 0.1) is 15.4 Å². The predicted molar refractivity (Wildman–Crippen MR) is 137 cm³/mol. The van der Waals surface area contributed by atoms with Crippen LogP contribution in [0.4, 0.5) is 13.2 Å². The van der Waals surface area contributed by atoms with Gasteiger partial charge in [0.15, 0.2) is 0 Å². The largest absolute Gasteiger partial charge is 0.416 e. The van der Waals surface area contributed by atoms with Gasteiger partial charge in [-0.15, -0.1) is 0 Å². The van der Waals surface area contributed by atoms with Gasteiger partial charge in [0.25, 0.3) is 11.8 Å². The van der Waals surface area contributed by atoms with Crippen LogP contribution in [0, 0.1) is 0 Å². The Bertz CT molecular complexity index is 1460. The van der Waals surface area contributed by atoms with Crippen molar-refractivity contribution in [2.75, 3.05) is 39.3 Å². The van der Waals surface area contributed by atoms with Crippen LogP contribution in [0.2, 0.25) is 0 Å². The van der Waals surface area contributed by atoms with Crippen molar-refractivity contribution in [3.63, 3.8) is 0 Å².